The van der Waals surface area contributed by atoms with Crippen LogP contribution in [-0.4, -0.2) is 43.1 Å². The Kier molecular flexibility index (Phi) is 5.15. The highest BCUT2D eigenvalue weighted by Gasteiger charge is 2.44. The number of thioether (sulfide) groups is 1. The van der Waals surface area contributed by atoms with Crippen LogP contribution in [0.3, 0.4) is 0 Å². The van der Waals surface area contributed by atoms with Crippen molar-refractivity contribution in [2.24, 2.45) is 0 Å². The number of unbranched alkanes of at least 4 members (excludes halogenated alkanes) is 1. The van der Waals surface area contributed by atoms with Crippen molar-refractivity contribution in [2.45, 2.75) is 56.1 Å². The quantitative estimate of drug-likeness (QED) is 0.768. The molecule has 2 aliphatic rings. The molecule has 0 aromatic rings. The smallest absolute Gasteiger partial charge is 0.169 e. The van der Waals surface area contributed by atoms with Crippen molar-refractivity contribution in [3.63, 3.8) is 0 Å². The van der Waals surface area contributed by atoms with Gasteiger partial charge >= 0.3 is 0 Å². The summed E-state index contributed by atoms with van der Waals surface area (Å²) in [6, 6.07) is 0.621. The minimum atomic E-state index is -0.239. The molecule has 2 rings (SSSR count). The van der Waals surface area contributed by atoms with Gasteiger partial charge in [-0.15, -0.1) is 0 Å². The van der Waals surface area contributed by atoms with Gasteiger partial charge in [0.1, 0.15) is 0 Å². The molecule has 100 valence electrons. The summed E-state index contributed by atoms with van der Waals surface area (Å²) >= 11 is 2.09. The molecule has 1 aliphatic carbocycles. The number of hydrogen-bond donors (Lipinski definition) is 1. The molecule has 2 fully saturated rings. The van der Waals surface area contributed by atoms with Crippen molar-refractivity contribution >= 4 is 11.8 Å². The summed E-state index contributed by atoms with van der Waals surface area (Å²) in [5, 5.41) is 4.09. The Balaban J connectivity index is 1.88. The summed E-state index contributed by atoms with van der Waals surface area (Å²) in [6.07, 6.45) is 5.85. The largest absolute Gasteiger partial charge is 0.347 e. The molecule has 4 heteroatoms. The van der Waals surface area contributed by atoms with E-state index in [1.807, 2.05) is 0 Å². The van der Waals surface area contributed by atoms with Gasteiger partial charge in [0, 0.05) is 24.1 Å². The first kappa shape index (κ1) is 13.7. The molecule has 1 aliphatic heterocycles. The van der Waals surface area contributed by atoms with Crippen LogP contribution < -0.4 is 5.32 Å². The lowest BCUT2D eigenvalue weighted by atomic mass is 9.89. The van der Waals surface area contributed by atoms with Gasteiger partial charge in [-0.25, -0.2) is 0 Å². The van der Waals surface area contributed by atoms with E-state index in [9.17, 15) is 0 Å². The van der Waals surface area contributed by atoms with E-state index in [-0.39, 0.29) is 5.79 Å². The fraction of sp³-hybridized carbons (Fsp3) is 1.00. The second kappa shape index (κ2) is 6.41. The molecule has 17 heavy (non-hydrogen) atoms. The van der Waals surface area contributed by atoms with Gasteiger partial charge in [0.05, 0.1) is 13.2 Å². The minimum absolute atomic E-state index is 0.239. The van der Waals surface area contributed by atoms with Gasteiger partial charge in [-0.3, -0.25) is 0 Å². The van der Waals surface area contributed by atoms with Crippen LogP contribution in [-0.2, 0) is 9.47 Å². The molecule has 2 atom stereocenters. The van der Waals surface area contributed by atoms with E-state index in [1.165, 1.54) is 25.0 Å². The summed E-state index contributed by atoms with van der Waals surface area (Å²) < 4.78 is 11.7. The summed E-state index contributed by atoms with van der Waals surface area (Å²) in [5.41, 5.74) is 0. The third kappa shape index (κ3) is 3.37. The Morgan fingerprint density at radius 1 is 1.35 bits per heavy atom. The Morgan fingerprint density at radius 3 is 2.76 bits per heavy atom. The fourth-order valence-electron chi connectivity index (χ4n) is 2.76. The van der Waals surface area contributed by atoms with Crippen LogP contribution in [0.15, 0.2) is 0 Å². The Bertz CT molecular complexity index is 231. The van der Waals surface area contributed by atoms with Crippen LogP contribution >= 0.6 is 11.8 Å². The zero-order valence-corrected chi connectivity index (χ0v) is 11.9. The van der Waals surface area contributed by atoms with Gasteiger partial charge in [0.2, 0.25) is 0 Å². The zero-order valence-electron chi connectivity index (χ0n) is 11.0. The molecule has 0 aromatic carbocycles. The van der Waals surface area contributed by atoms with Gasteiger partial charge in [-0.05, 0) is 25.6 Å². The van der Waals surface area contributed by atoms with Crippen LogP contribution in [0, 0.1) is 0 Å². The van der Waals surface area contributed by atoms with E-state index in [4.69, 9.17) is 9.47 Å². The summed E-state index contributed by atoms with van der Waals surface area (Å²) in [4.78, 5) is 0. The first-order valence-electron chi connectivity index (χ1n) is 6.86. The third-order valence-electron chi connectivity index (χ3n) is 3.81. The van der Waals surface area contributed by atoms with Crippen molar-refractivity contribution < 1.29 is 9.47 Å². The lowest BCUT2D eigenvalue weighted by Gasteiger charge is -2.40. The highest BCUT2D eigenvalue weighted by atomic mass is 32.2. The SMILES string of the molecule is CCCCSC1CC2(CCC1NC)OCCO2. The standard InChI is InChI=1S/C13H25NO2S/c1-3-4-9-17-12-10-13(15-7-8-16-13)6-5-11(12)14-2/h11-12,14H,3-10H2,1-2H3. The molecule has 1 saturated carbocycles. The summed E-state index contributed by atoms with van der Waals surface area (Å²) in [5.74, 6) is 1.02. The number of rotatable bonds is 5. The Hall–Kier alpha value is 0.230. The normalized spacial score (nSPS) is 32.1. The Morgan fingerprint density at radius 2 is 2.12 bits per heavy atom. The zero-order chi connectivity index (χ0) is 12.1. The topological polar surface area (TPSA) is 30.5 Å². The second-order valence-electron chi connectivity index (χ2n) is 5.01. The molecule has 0 radical (unpaired) electrons. The molecule has 1 heterocycles. The maximum Gasteiger partial charge on any atom is 0.169 e. The highest BCUT2D eigenvalue weighted by molar-refractivity contribution is 7.99. The van der Waals surface area contributed by atoms with E-state index in [0.29, 0.717) is 11.3 Å². The average molecular weight is 259 g/mol. The number of ether oxygens (including phenoxy) is 2. The van der Waals surface area contributed by atoms with E-state index >= 15 is 0 Å². The van der Waals surface area contributed by atoms with E-state index in [2.05, 4.69) is 31.1 Å². The van der Waals surface area contributed by atoms with Gasteiger partial charge in [-0.2, -0.15) is 11.8 Å². The van der Waals surface area contributed by atoms with Gasteiger partial charge in [0.25, 0.3) is 0 Å². The monoisotopic (exact) mass is 259 g/mol. The average Bonchev–Trinajstić information content (AvgIpc) is 2.78. The lowest BCUT2D eigenvalue weighted by molar-refractivity contribution is -0.177. The lowest BCUT2D eigenvalue weighted by Crippen LogP contribution is -2.48. The molecule has 0 aromatic heterocycles. The molecule has 3 nitrogen and oxygen atoms in total. The van der Waals surface area contributed by atoms with Crippen LogP contribution in [0.5, 0.6) is 0 Å². The van der Waals surface area contributed by atoms with Crippen molar-refractivity contribution in [1.82, 2.24) is 5.32 Å². The molecule has 1 N–H and O–H groups in total. The molecule has 0 amide bonds. The number of nitrogens with one attached hydrogen (secondary N) is 1. The van der Waals surface area contributed by atoms with Crippen molar-refractivity contribution in [1.29, 1.82) is 0 Å². The van der Waals surface area contributed by atoms with Crippen molar-refractivity contribution in [3.05, 3.63) is 0 Å². The van der Waals surface area contributed by atoms with E-state index in [1.54, 1.807) is 0 Å². The van der Waals surface area contributed by atoms with Crippen molar-refractivity contribution in [3.8, 4) is 0 Å². The summed E-state index contributed by atoms with van der Waals surface area (Å²) in [7, 11) is 2.08. The predicted octanol–water partition coefficient (Wildman–Crippen LogP) is 2.40. The van der Waals surface area contributed by atoms with Crippen LogP contribution in [0.25, 0.3) is 0 Å². The Labute approximate surface area is 109 Å². The first-order chi connectivity index (χ1) is 8.29. The van der Waals surface area contributed by atoms with E-state index in [0.717, 1.165) is 26.1 Å². The van der Waals surface area contributed by atoms with Crippen molar-refractivity contribution in [2.75, 3.05) is 26.0 Å². The second-order valence-corrected chi connectivity index (χ2v) is 6.36. The molecular weight excluding hydrogens is 234 g/mol. The van der Waals surface area contributed by atoms with Gasteiger partial charge < -0.3 is 14.8 Å². The highest BCUT2D eigenvalue weighted by Crippen LogP contribution is 2.40. The number of hydrogen-bond acceptors (Lipinski definition) is 4. The van der Waals surface area contributed by atoms with Crippen LogP contribution in [0.4, 0.5) is 0 Å². The molecular formula is C13H25NO2S. The van der Waals surface area contributed by atoms with Crippen LogP contribution in [0.2, 0.25) is 0 Å². The molecule has 0 bridgehead atoms. The molecule has 2 unspecified atom stereocenters. The summed E-state index contributed by atoms with van der Waals surface area (Å²) in [6.45, 7) is 3.80. The molecule has 1 saturated heterocycles. The van der Waals surface area contributed by atoms with E-state index < -0.39 is 0 Å². The fourth-order valence-corrected chi connectivity index (χ4v) is 4.39. The third-order valence-corrected chi connectivity index (χ3v) is 5.26. The van der Waals surface area contributed by atoms with Gasteiger partial charge in [-0.1, -0.05) is 13.3 Å². The van der Waals surface area contributed by atoms with Gasteiger partial charge in [0.15, 0.2) is 5.79 Å². The maximum atomic E-state index is 5.85. The minimum Gasteiger partial charge on any atom is -0.347 e. The first-order valence-corrected chi connectivity index (χ1v) is 7.91. The molecule has 1 spiro atoms. The maximum absolute atomic E-state index is 5.85. The van der Waals surface area contributed by atoms with Crippen LogP contribution in [0.1, 0.15) is 39.0 Å². The predicted molar refractivity (Wildman–Crippen MR) is 72.5 cm³/mol.